The highest BCUT2D eigenvalue weighted by molar-refractivity contribution is 7.88. The molecule has 4 rings (SSSR count). The van der Waals surface area contributed by atoms with Gasteiger partial charge in [-0.2, -0.15) is 0 Å². The molecule has 2 aromatic carbocycles. The topological polar surface area (TPSA) is 66.9 Å². The lowest BCUT2D eigenvalue weighted by Gasteiger charge is -2.52. The fourth-order valence-electron chi connectivity index (χ4n) is 4.27. The monoisotopic (exact) mass is 414 g/mol. The number of methoxy groups -OCH3 is 1. The van der Waals surface area contributed by atoms with Crippen molar-refractivity contribution in [1.29, 1.82) is 0 Å². The Hall–Kier alpha value is -2.38. The molecule has 0 unspecified atom stereocenters. The summed E-state index contributed by atoms with van der Waals surface area (Å²) >= 11 is 0. The van der Waals surface area contributed by atoms with Gasteiger partial charge in [-0.15, -0.1) is 0 Å². The van der Waals surface area contributed by atoms with Gasteiger partial charge in [0.05, 0.1) is 18.3 Å². The van der Waals surface area contributed by atoms with E-state index in [1.165, 1.54) is 0 Å². The third-order valence-electron chi connectivity index (χ3n) is 6.03. The van der Waals surface area contributed by atoms with Gasteiger partial charge in [-0.05, 0) is 36.1 Å². The molecule has 1 amide bonds. The van der Waals surface area contributed by atoms with Gasteiger partial charge in [0.15, 0.2) is 0 Å². The fourth-order valence-corrected chi connectivity index (χ4v) is 5.80. The minimum Gasteiger partial charge on any atom is -0.497 e. The second kappa shape index (κ2) is 7.80. The summed E-state index contributed by atoms with van der Waals surface area (Å²) in [6.07, 6.45) is 1.19. The van der Waals surface area contributed by atoms with Gasteiger partial charge >= 0.3 is 0 Å². The molecule has 2 aromatic rings. The molecular weight excluding hydrogens is 388 g/mol. The number of likely N-dealkylation sites (tertiary alicyclic amines) is 1. The van der Waals surface area contributed by atoms with E-state index in [2.05, 4.69) is 0 Å². The summed E-state index contributed by atoms with van der Waals surface area (Å²) in [4.78, 5) is 14.7. The maximum Gasteiger partial charge on any atom is 0.231 e. The van der Waals surface area contributed by atoms with Crippen molar-refractivity contribution in [1.82, 2.24) is 9.21 Å². The highest BCUT2D eigenvalue weighted by Gasteiger charge is 2.53. The molecule has 2 aliphatic rings. The van der Waals surface area contributed by atoms with Crippen LogP contribution < -0.4 is 4.74 Å². The van der Waals surface area contributed by atoms with Crippen LogP contribution in [0.3, 0.4) is 0 Å². The van der Waals surface area contributed by atoms with Gasteiger partial charge in [0.1, 0.15) is 5.75 Å². The van der Waals surface area contributed by atoms with Crippen LogP contribution in [0, 0.1) is 5.41 Å². The van der Waals surface area contributed by atoms with Crippen LogP contribution in [0.25, 0.3) is 0 Å². The van der Waals surface area contributed by atoms with E-state index < -0.39 is 10.0 Å². The summed E-state index contributed by atoms with van der Waals surface area (Å²) in [6, 6.07) is 17.0. The normalized spacial score (nSPS) is 19.2. The molecule has 2 fully saturated rings. The van der Waals surface area contributed by atoms with E-state index in [0.29, 0.717) is 39.0 Å². The summed E-state index contributed by atoms with van der Waals surface area (Å²) < 4.78 is 32.2. The highest BCUT2D eigenvalue weighted by Crippen LogP contribution is 2.43. The van der Waals surface area contributed by atoms with Gasteiger partial charge in [0.2, 0.25) is 15.9 Å². The molecular formula is C22H26N2O4S. The zero-order valence-corrected chi connectivity index (χ0v) is 17.4. The van der Waals surface area contributed by atoms with Gasteiger partial charge in [-0.1, -0.05) is 42.5 Å². The molecule has 0 N–H and O–H groups in total. The zero-order valence-electron chi connectivity index (χ0n) is 16.6. The Balaban J connectivity index is 1.33. The van der Waals surface area contributed by atoms with Gasteiger partial charge in [-0.3, -0.25) is 4.79 Å². The van der Waals surface area contributed by atoms with E-state index in [-0.39, 0.29) is 17.1 Å². The molecule has 0 saturated carbocycles. The number of amides is 1. The standard InChI is InChI=1S/C22H26N2O4S/c1-28-20-9-7-18(8-10-20)15-23-17-22(21(23)25)11-13-24(14-12-22)29(26,27)16-19-5-3-2-4-6-19/h2-10H,11-17H2,1H3. The highest BCUT2D eigenvalue weighted by atomic mass is 32.2. The number of carbonyl (C=O) groups is 1. The van der Waals surface area contributed by atoms with Crippen LogP contribution in [0.4, 0.5) is 0 Å². The smallest absolute Gasteiger partial charge is 0.231 e. The Kier molecular flexibility index (Phi) is 5.36. The lowest BCUT2D eigenvalue weighted by Crippen LogP contribution is -2.64. The Labute approximate surface area is 172 Å². The molecule has 0 aliphatic carbocycles. The number of rotatable bonds is 6. The van der Waals surface area contributed by atoms with Crippen molar-refractivity contribution >= 4 is 15.9 Å². The Morgan fingerprint density at radius 2 is 1.62 bits per heavy atom. The molecule has 154 valence electrons. The molecule has 0 radical (unpaired) electrons. The molecule has 0 bridgehead atoms. The average molecular weight is 415 g/mol. The SMILES string of the molecule is COc1ccc(CN2CC3(CCN(S(=O)(=O)Cc4ccccc4)CC3)C2=O)cc1. The Morgan fingerprint density at radius 1 is 0.966 bits per heavy atom. The van der Waals surface area contributed by atoms with E-state index in [4.69, 9.17) is 4.74 Å². The lowest BCUT2D eigenvalue weighted by atomic mass is 9.71. The van der Waals surface area contributed by atoms with Crippen LogP contribution in [0.1, 0.15) is 24.0 Å². The predicted octanol–water partition coefficient (Wildman–Crippen LogP) is 2.65. The minimum atomic E-state index is -3.36. The number of sulfonamides is 1. The molecule has 0 atom stereocenters. The van der Waals surface area contributed by atoms with Crippen LogP contribution in [0.2, 0.25) is 0 Å². The molecule has 6 nitrogen and oxygen atoms in total. The second-order valence-corrected chi connectivity index (χ2v) is 9.90. The van der Waals surface area contributed by atoms with E-state index in [0.717, 1.165) is 16.9 Å². The van der Waals surface area contributed by atoms with Gasteiger partial charge in [-0.25, -0.2) is 12.7 Å². The number of β-lactam (4-membered cyclic amide) rings is 1. The molecule has 2 heterocycles. The van der Waals surface area contributed by atoms with Crippen LogP contribution in [-0.4, -0.2) is 50.3 Å². The largest absolute Gasteiger partial charge is 0.497 e. The first-order chi connectivity index (χ1) is 13.9. The first-order valence-corrected chi connectivity index (χ1v) is 11.5. The number of piperidine rings is 1. The van der Waals surface area contributed by atoms with Crippen molar-refractivity contribution < 1.29 is 17.9 Å². The number of benzene rings is 2. The first-order valence-electron chi connectivity index (χ1n) is 9.86. The van der Waals surface area contributed by atoms with Crippen LogP contribution >= 0.6 is 0 Å². The summed E-state index contributed by atoms with van der Waals surface area (Å²) in [6.45, 7) is 2.11. The molecule has 7 heteroatoms. The van der Waals surface area contributed by atoms with E-state index in [1.54, 1.807) is 11.4 Å². The summed E-state index contributed by atoms with van der Waals surface area (Å²) in [5.41, 5.74) is 1.47. The quantitative estimate of drug-likeness (QED) is 0.682. The van der Waals surface area contributed by atoms with E-state index in [1.807, 2.05) is 59.5 Å². The third-order valence-corrected chi connectivity index (χ3v) is 7.88. The van der Waals surface area contributed by atoms with Crippen molar-refractivity contribution in [3.8, 4) is 5.75 Å². The average Bonchev–Trinajstić information content (AvgIpc) is 2.74. The van der Waals surface area contributed by atoms with Crippen molar-refractivity contribution in [2.45, 2.75) is 25.1 Å². The zero-order chi connectivity index (χ0) is 20.5. The Morgan fingerprint density at radius 3 is 2.21 bits per heavy atom. The Bertz CT molecular complexity index is 966. The number of nitrogens with zero attached hydrogens (tertiary/aromatic N) is 2. The number of hydrogen-bond donors (Lipinski definition) is 0. The molecule has 0 aromatic heterocycles. The van der Waals surface area contributed by atoms with Crippen molar-refractivity contribution in [2.75, 3.05) is 26.7 Å². The second-order valence-electron chi connectivity index (χ2n) is 7.93. The van der Waals surface area contributed by atoms with Crippen LogP contribution in [0.15, 0.2) is 54.6 Å². The maximum atomic E-state index is 12.8. The number of hydrogen-bond acceptors (Lipinski definition) is 4. The predicted molar refractivity (Wildman–Crippen MR) is 111 cm³/mol. The third kappa shape index (κ3) is 4.02. The van der Waals surface area contributed by atoms with Crippen LogP contribution in [-0.2, 0) is 27.1 Å². The lowest BCUT2D eigenvalue weighted by molar-refractivity contribution is -0.165. The van der Waals surface area contributed by atoms with Gasteiger partial charge < -0.3 is 9.64 Å². The first kappa shape index (κ1) is 19.9. The summed E-state index contributed by atoms with van der Waals surface area (Å²) in [7, 11) is -1.73. The van der Waals surface area contributed by atoms with Crippen molar-refractivity contribution in [3.05, 3.63) is 65.7 Å². The maximum absolute atomic E-state index is 12.8. The molecule has 29 heavy (non-hydrogen) atoms. The van der Waals surface area contributed by atoms with Crippen LogP contribution in [0.5, 0.6) is 5.75 Å². The van der Waals surface area contributed by atoms with Crippen molar-refractivity contribution in [3.63, 3.8) is 0 Å². The fraction of sp³-hybridized carbons (Fsp3) is 0.409. The molecule has 2 aliphatic heterocycles. The van der Waals surface area contributed by atoms with Gasteiger partial charge in [0, 0.05) is 26.2 Å². The van der Waals surface area contributed by atoms with E-state index in [9.17, 15) is 13.2 Å². The van der Waals surface area contributed by atoms with Crippen molar-refractivity contribution in [2.24, 2.45) is 5.41 Å². The summed E-state index contributed by atoms with van der Waals surface area (Å²) in [5.74, 6) is 0.955. The van der Waals surface area contributed by atoms with E-state index >= 15 is 0 Å². The van der Waals surface area contributed by atoms with Gasteiger partial charge in [0.25, 0.3) is 0 Å². The molecule has 2 saturated heterocycles. The molecule has 1 spiro atoms. The number of carbonyl (C=O) groups excluding carboxylic acids is 1. The minimum absolute atomic E-state index is 0.0123. The summed E-state index contributed by atoms with van der Waals surface area (Å²) in [5, 5.41) is 0. The number of ether oxygens (including phenoxy) is 1.